The quantitative estimate of drug-likeness (QED) is 0.0449. The van der Waals surface area contributed by atoms with Gasteiger partial charge in [-0.05, 0) is 82.0 Å². The molecule has 0 radical (unpaired) electrons. The third-order valence-corrected chi connectivity index (χ3v) is 9.36. The Morgan fingerprint density at radius 1 is 1.10 bits per heavy atom. The number of hydrazine groups is 1. The molecule has 2 bridgehead atoms. The van der Waals surface area contributed by atoms with E-state index in [2.05, 4.69) is 50.6 Å². The number of hydrogen-bond donors (Lipinski definition) is 5. The zero-order valence-corrected chi connectivity index (χ0v) is 25.9. The van der Waals surface area contributed by atoms with Gasteiger partial charge in [-0.2, -0.15) is 0 Å². The van der Waals surface area contributed by atoms with Gasteiger partial charge in [-0.3, -0.25) is 15.0 Å². The lowest BCUT2D eigenvalue weighted by Gasteiger charge is -2.64. The topological polar surface area (TPSA) is 185 Å². The minimum Gasteiger partial charge on any atom is -0.404 e. The predicted octanol–water partition coefficient (Wildman–Crippen LogP) is 2.50. The molecule has 1 saturated heterocycles. The van der Waals surface area contributed by atoms with Gasteiger partial charge in [0.25, 0.3) is 5.96 Å². The molecular formula is C28H49BN6O7. The first-order chi connectivity index (χ1) is 19.6. The van der Waals surface area contributed by atoms with E-state index in [0.29, 0.717) is 43.9 Å². The zero-order chi connectivity index (χ0) is 31.2. The maximum absolute atomic E-state index is 13.6. The summed E-state index contributed by atoms with van der Waals surface area (Å²) in [5.74, 6) is -0.199. The molecule has 42 heavy (non-hydrogen) atoms. The normalized spacial score (nSPS) is 26.8. The van der Waals surface area contributed by atoms with Crippen molar-refractivity contribution in [3.8, 4) is 0 Å². The summed E-state index contributed by atoms with van der Waals surface area (Å²) in [6.45, 7) is 12.6. The average molecular weight is 593 g/mol. The molecule has 3 saturated carbocycles. The van der Waals surface area contributed by atoms with Crippen LogP contribution in [0.15, 0.2) is 0 Å². The van der Waals surface area contributed by atoms with E-state index in [1.165, 1.54) is 6.92 Å². The third kappa shape index (κ3) is 8.43. The van der Waals surface area contributed by atoms with E-state index in [1.54, 1.807) is 5.43 Å². The summed E-state index contributed by atoms with van der Waals surface area (Å²) in [5, 5.41) is 25.8. The lowest BCUT2D eigenvalue weighted by atomic mass is 9.43. The van der Waals surface area contributed by atoms with Crippen molar-refractivity contribution in [1.29, 1.82) is 5.41 Å². The van der Waals surface area contributed by atoms with Crippen LogP contribution in [-0.2, 0) is 23.7 Å². The number of Topliss-reactive ketones (excluding diaryl/α,β-unsaturated/α-hetero) is 1. The maximum Gasteiger partial charge on any atom is 0.481 e. The summed E-state index contributed by atoms with van der Waals surface area (Å²) in [5.41, 5.74) is 1.51. The first kappa shape index (κ1) is 33.8. The molecule has 13 nitrogen and oxygen atoms in total. The molecule has 0 spiro atoms. The molecule has 0 aromatic rings. The van der Waals surface area contributed by atoms with Crippen molar-refractivity contribution < 1.29 is 28.7 Å². The molecular weight excluding hydrogens is 543 g/mol. The molecule has 4 fully saturated rings. The van der Waals surface area contributed by atoms with Gasteiger partial charge in [0.1, 0.15) is 11.8 Å². The molecule has 236 valence electrons. The second-order valence-electron chi connectivity index (χ2n) is 13.4. The summed E-state index contributed by atoms with van der Waals surface area (Å²) in [6.07, 6.45) is 5.02. The van der Waals surface area contributed by atoms with E-state index in [9.17, 15) is 24.5 Å². The van der Waals surface area contributed by atoms with Crippen LogP contribution in [0.25, 0.3) is 0 Å². The standard InChI is InChI=1S/C28H49BN6O7/c1-17(2)14-23(29-41-22-16-19-15-21(27(19,4)5)28(22,6)42-29)33-25(38)20(11-9-13-31-26(30)34-35(39)40)32-24(37)12-8-7-10-18(3)36/h17,19-23H,7-16H2,1-6H3,(H,32,37)(H,33,38)(H3,30,31,34)/t19-,20-,21-,22+,23-,28-/m0/s1. The van der Waals surface area contributed by atoms with Gasteiger partial charge in [0.2, 0.25) is 11.8 Å². The van der Waals surface area contributed by atoms with Crippen LogP contribution < -0.4 is 21.4 Å². The van der Waals surface area contributed by atoms with Gasteiger partial charge in [-0.15, -0.1) is 0 Å². The highest BCUT2D eigenvalue weighted by atomic mass is 16.7. The Balaban J connectivity index is 1.65. The van der Waals surface area contributed by atoms with Crippen LogP contribution in [0, 0.1) is 38.7 Å². The monoisotopic (exact) mass is 592 g/mol. The summed E-state index contributed by atoms with van der Waals surface area (Å²) in [6, 6.07) is -0.856. The molecule has 0 unspecified atom stereocenters. The number of guanidine groups is 1. The van der Waals surface area contributed by atoms with Crippen LogP contribution >= 0.6 is 0 Å². The van der Waals surface area contributed by atoms with Gasteiger partial charge >= 0.3 is 7.12 Å². The van der Waals surface area contributed by atoms with Crippen LogP contribution in [0.2, 0.25) is 0 Å². The minimum atomic E-state index is -0.856. The fraction of sp³-hybridized carbons (Fsp3) is 0.857. The van der Waals surface area contributed by atoms with Crippen LogP contribution in [0.1, 0.15) is 99.3 Å². The van der Waals surface area contributed by atoms with Crippen LogP contribution in [0.3, 0.4) is 0 Å². The third-order valence-electron chi connectivity index (χ3n) is 9.36. The van der Waals surface area contributed by atoms with Gasteiger partial charge < -0.3 is 30.1 Å². The Kier molecular flexibility index (Phi) is 11.4. The van der Waals surface area contributed by atoms with Gasteiger partial charge in [-0.25, -0.2) is 10.1 Å². The summed E-state index contributed by atoms with van der Waals surface area (Å²) in [4.78, 5) is 48.1. The number of unbranched alkanes of at least 4 members (excludes halogenated alkanes) is 1. The Morgan fingerprint density at radius 2 is 1.79 bits per heavy atom. The Hall–Kier alpha value is -2.74. The molecule has 1 aliphatic heterocycles. The van der Waals surface area contributed by atoms with Crippen molar-refractivity contribution in [1.82, 2.24) is 21.4 Å². The molecule has 2 amide bonds. The molecule has 1 heterocycles. The molecule has 4 rings (SSSR count). The average Bonchev–Trinajstić information content (AvgIpc) is 3.24. The number of carbonyl (C=O) groups excluding carboxylic acids is 3. The molecule has 6 atom stereocenters. The molecule has 5 N–H and O–H groups in total. The van der Waals surface area contributed by atoms with Gasteiger partial charge in [0.15, 0.2) is 5.03 Å². The summed E-state index contributed by atoms with van der Waals surface area (Å²) in [7, 11) is -0.597. The van der Waals surface area contributed by atoms with E-state index in [1.807, 2.05) is 0 Å². The fourth-order valence-corrected chi connectivity index (χ4v) is 6.95. The molecule has 14 heteroatoms. The van der Waals surface area contributed by atoms with Crippen molar-refractivity contribution in [2.24, 2.45) is 23.2 Å². The SMILES string of the molecule is CC(=O)CCCCC(=O)N[C@@H](CCCNC(=N)N[N+](=O)[O-])C(=O)N[C@@H](CC(C)C)B1O[C@@H]2C[C@@H]3C[C@@H](C3(C)C)[C@]2(C)O1. The number of ketones is 1. The molecule has 4 aliphatic rings. The number of nitrogens with one attached hydrogen (secondary N) is 5. The smallest absolute Gasteiger partial charge is 0.404 e. The Labute approximate surface area is 249 Å². The van der Waals surface area contributed by atoms with Crippen LogP contribution in [-0.4, -0.2) is 65.9 Å². The van der Waals surface area contributed by atoms with E-state index in [-0.39, 0.29) is 54.4 Å². The highest BCUT2D eigenvalue weighted by molar-refractivity contribution is 6.48. The largest absolute Gasteiger partial charge is 0.481 e. The molecule has 0 aromatic carbocycles. The van der Waals surface area contributed by atoms with Crippen LogP contribution in [0.5, 0.6) is 0 Å². The lowest BCUT2D eigenvalue weighted by Crippen LogP contribution is -2.65. The lowest BCUT2D eigenvalue weighted by molar-refractivity contribution is -0.525. The van der Waals surface area contributed by atoms with Crippen molar-refractivity contribution >= 4 is 30.7 Å². The van der Waals surface area contributed by atoms with E-state index in [4.69, 9.17) is 14.7 Å². The number of nitro groups is 1. The number of carbonyl (C=O) groups is 3. The number of amides is 2. The van der Waals surface area contributed by atoms with E-state index in [0.717, 1.165) is 12.8 Å². The maximum atomic E-state index is 13.6. The van der Waals surface area contributed by atoms with E-state index < -0.39 is 35.7 Å². The molecule has 0 aromatic heterocycles. The predicted molar refractivity (Wildman–Crippen MR) is 158 cm³/mol. The van der Waals surface area contributed by atoms with Gasteiger partial charge in [0.05, 0.1) is 17.6 Å². The second kappa shape index (κ2) is 14.2. The zero-order valence-electron chi connectivity index (χ0n) is 25.9. The fourth-order valence-electron chi connectivity index (χ4n) is 6.95. The summed E-state index contributed by atoms with van der Waals surface area (Å²) < 4.78 is 13.1. The Bertz CT molecular complexity index is 1030. The van der Waals surface area contributed by atoms with Crippen molar-refractivity contribution in [3.63, 3.8) is 0 Å². The number of rotatable bonds is 16. The second-order valence-corrected chi connectivity index (χ2v) is 13.4. The van der Waals surface area contributed by atoms with Gasteiger partial charge in [-0.1, -0.05) is 33.1 Å². The van der Waals surface area contributed by atoms with Crippen LogP contribution in [0.4, 0.5) is 0 Å². The first-order valence-corrected chi connectivity index (χ1v) is 15.3. The Morgan fingerprint density at radius 3 is 2.40 bits per heavy atom. The van der Waals surface area contributed by atoms with E-state index >= 15 is 0 Å². The number of nitrogens with zero attached hydrogens (tertiary/aromatic N) is 1. The first-order valence-electron chi connectivity index (χ1n) is 15.3. The van der Waals surface area contributed by atoms with Crippen molar-refractivity contribution in [3.05, 3.63) is 10.1 Å². The molecule has 3 aliphatic carbocycles. The minimum absolute atomic E-state index is 0.0227. The highest BCUT2D eigenvalue weighted by Gasteiger charge is 2.68. The van der Waals surface area contributed by atoms with Gasteiger partial charge in [0, 0.05) is 19.4 Å². The number of hydrogen-bond acceptors (Lipinski definition) is 8. The summed E-state index contributed by atoms with van der Waals surface area (Å²) >= 11 is 0. The highest BCUT2D eigenvalue weighted by Crippen LogP contribution is 2.65. The van der Waals surface area contributed by atoms with Crippen molar-refractivity contribution in [2.45, 2.75) is 123 Å². The van der Waals surface area contributed by atoms with Crippen molar-refractivity contribution in [2.75, 3.05) is 6.54 Å².